The molecule has 1 aliphatic rings. The van der Waals surface area contributed by atoms with E-state index in [-0.39, 0.29) is 11.8 Å². The Bertz CT molecular complexity index is 433. The van der Waals surface area contributed by atoms with Crippen LogP contribution in [0.5, 0.6) is 0 Å². The predicted octanol–water partition coefficient (Wildman–Crippen LogP) is 0.460. The van der Waals surface area contributed by atoms with Gasteiger partial charge in [-0.15, -0.1) is 11.3 Å². The normalized spacial score (nSPS) is 20.8. The monoisotopic (exact) mass is 268 g/mol. The van der Waals surface area contributed by atoms with Crippen LogP contribution in [0.15, 0.2) is 17.5 Å². The van der Waals surface area contributed by atoms with E-state index in [9.17, 15) is 14.7 Å². The van der Waals surface area contributed by atoms with Crippen LogP contribution in [0.2, 0.25) is 0 Å². The molecule has 0 bridgehead atoms. The molecule has 0 saturated carbocycles. The average molecular weight is 268 g/mol. The molecule has 2 N–H and O–H groups in total. The first kappa shape index (κ1) is 13.0. The van der Waals surface area contributed by atoms with Crippen LogP contribution >= 0.6 is 11.3 Å². The van der Waals surface area contributed by atoms with Crippen LogP contribution in [-0.2, 0) is 4.79 Å². The summed E-state index contributed by atoms with van der Waals surface area (Å²) in [5, 5.41) is 13.9. The van der Waals surface area contributed by atoms with E-state index in [1.54, 1.807) is 24.0 Å². The van der Waals surface area contributed by atoms with Gasteiger partial charge in [0, 0.05) is 13.1 Å². The second kappa shape index (κ2) is 5.49. The van der Waals surface area contributed by atoms with E-state index in [1.165, 1.54) is 11.3 Å². The number of thiophene rings is 1. The zero-order chi connectivity index (χ0) is 13.1. The quantitative estimate of drug-likeness (QED) is 0.836. The largest absolute Gasteiger partial charge is 0.391 e. The molecule has 0 aliphatic carbocycles. The lowest BCUT2D eigenvalue weighted by Crippen LogP contribution is -2.46. The van der Waals surface area contributed by atoms with E-state index in [1.807, 2.05) is 5.38 Å². The summed E-state index contributed by atoms with van der Waals surface area (Å²) in [6.07, 6.45) is 0.172. The van der Waals surface area contributed by atoms with E-state index in [2.05, 4.69) is 5.32 Å². The van der Waals surface area contributed by atoms with E-state index < -0.39 is 12.1 Å². The third-order valence-electron chi connectivity index (χ3n) is 2.94. The number of hydrogen-bond donors (Lipinski definition) is 2. The third kappa shape index (κ3) is 2.88. The average Bonchev–Trinajstić information content (AvgIpc) is 2.98. The molecule has 1 saturated heterocycles. The van der Waals surface area contributed by atoms with Gasteiger partial charge in [0.1, 0.15) is 6.04 Å². The highest BCUT2D eigenvalue weighted by molar-refractivity contribution is 7.12. The predicted molar refractivity (Wildman–Crippen MR) is 68.5 cm³/mol. The number of likely N-dealkylation sites (tertiary alicyclic amines) is 1. The Morgan fingerprint density at radius 1 is 1.61 bits per heavy atom. The van der Waals surface area contributed by atoms with Gasteiger partial charge < -0.3 is 15.3 Å². The standard InChI is InChI=1S/C12H16N2O3S/c1-8(12(17)14-5-4-9(15)7-14)13-11(16)10-3-2-6-18-10/h2-3,6,8-9,15H,4-5,7H2,1H3,(H,13,16)/t8?,9-/m0/s1. The maximum absolute atomic E-state index is 12.0. The van der Waals surface area contributed by atoms with Crippen molar-refractivity contribution in [1.82, 2.24) is 10.2 Å². The van der Waals surface area contributed by atoms with Crippen LogP contribution in [0.1, 0.15) is 23.0 Å². The van der Waals surface area contributed by atoms with Crippen LogP contribution < -0.4 is 5.32 Å². The van der Waals surface area contributed by atoms with Gasteiger partial charge in [-0.1, -0.05) is 6.07 Å². The first-order chi connectivity index (χ1) is 8.58. The number of aliphatic hydroxyl groups is 1. The number of rotatable bonds is 3. The Labute approximate surface area is 109 Å². The van der Waals surface area contributed by atoms with Crippen molar-refractivity contribution >= 4 is 23.2 Å². The van der Waals surface area contributed by atoms with E-state index in [0.29, 0.717) is 24.4 Å². The van der Waals surface area contributed by atoms with Gasteiger partial charge >= 0.3 is 0 Å². The molecule has 2 heterocycles. The highest BCUT2D eigenvalue weighted by Gasteiger charge is 2.28. The fourth-order valence-corrected chi connectivity index (χ4v) is 2.58. The number of hydrogen-bond acceptors (Lipinski definition) is 4. The van der Waals surface area contributed by atoms with E-state index in [0.717, 1.165) is 0 Å². The molecule has 0 radical (unpaired) electrons. The minimum absolute atomic E-state index is 0.142. The molecular weight excluding hydrogens is 252 g/mol. The lowest BCUT2D eigenvalue weighted by atomic mass is 10.3. The van der Waals surface area contributed by atoms with Crippen molar-refractivity contribution in [3.63, 3.8) is 0 Å². The fraction of sp³-hybridized carbons (Fsp3) is 0.500. The van der Waals surface area contributed by atoms with Crippen molar-refractivity contribution in [1.29, 1.82) is 0 Å². The van der Waals surface area contributed by atoms with Crippen LogP contribution in [0.25, 0.3) is 0 Å². The molecule has 2 atom stereocenters. The molecule has 2 amide bonds. The smallest absolute Gasteiger partial charge is 0.261 e. The summed E-state index contributed by atoms with van der Waals surface area (Å²) < 4.78 is 0. The number of nitrogens with one attached hydrogen (secondary N) is 1. The molecule has 98 valence electrons. The summed E-state index contributed by atoms with van der Waals surface area (Å²) in [7, 11) is 0. The zero-order valence-corrected chi connectivity index (χ0v) is 10.9. The van der Waals surface area contributed by atoms with Gasteiger partial charge in [0.25, 0.3) is 5.91 Å². The minimum atomic E-state index is -0.565. The highest BCUT2D eigenvalue weighted by atomic mass is 32.1. The Kier molecular flexibility index (Phi) is 3.98. The number of carbonyl (C=O) groups excluding carboxylic acids is 2. The van der Waals surface area contributed by atoms with Gasteiger partial charge in [-0.3, -0.25) is 9.59 Å². The molecule has 0 aromatic carbocycles. The second-order valence-corrected chi connectivity index (χ2v) is 5.35. The van der Waals surface area contributed by atoms with Crippen LogP contribution in [0, 0.1) is 0 Å². The summed E-state index contributed by atoms with van der Waals surface area (Å²) in [6.45, 7) is 2.58. The maximum Gasteiger partial charge on any atom is 0.261 e. The molecule has 1 aromatic rings. The van der Waals surface area contributed by atoms with Crippen LogP contribution in [-0.4, -0.2) is 47.1 Å². The fourth-order valence-electron chi connectivity index (χ4n) is 1.95. The molecule has 5 nitrogen and oxygen atoms in total. The Hall–Kier alpha value is -1.40. The molecule has 1 aliphatic heterocycles. The first-order valence-corrected chi connectivity index (χ1v) is 6.77. The lowest BCUT2D eigenvalue weighted by molar-refractivity contribution is -0.132. The summed E-state index contributed by atoms with van der Waals surface area (Å²) in [4.78, 5) is 26.0. The molecular formula is C12H16N2O3S. The lowest BCUT2D eigenvalue weighted by Gasteiger charge is -2.21. The van der Waals surface area contributed by atoms with Crippen molar-refractivity contribution in [2.45, 2.75) is 25.5 Å². The molecule has 1 fully saturated rings. The van der Waals surface area contributed by atoms with Gasteiger partial charge in [-0.05, 0) is 24.8 Å². The summed E-state index contributed by atoms with van der Waals surface area (Å²) in [5.74, 6) is -0.373. The number of nitrogens with zero attached hydrogens (tertiary/aromatic N) is 1. The molecule has 1 unspecified atom stereocenters. The van der Waals surface area contributed by atoms with Crippen molar-refractivity contribution < 1.29 is 14.7 Å². The molecule has 1 aromatic heterocycles. The van der Waals surface area contributed by atoms with Gasteiger partial charge in [0.05, 0.1) is 11.0 Å². The molecule has 2 rings (SSSR count). The van der Waals surface area contributed by atoms with Crippen molar-refractivity contribution in [3.05, 3.63) is 22.4 Å². The molecule has 6 heteroatoms. The number of carbonyl (C=O) groups is 2. The van der Waals surface area contributed by atoms with Crippen molar-refractivity contribution in [2.24, 2.45) is 0 Å². The Morgan fingerprint density at radius 3 is 2.94 bits per heavy atom. The first-order valence-electron chi connectivity index (χ1n) is 5.89. The zero-order valence-electron chi connectivity index (χ0n) is 10.1. The molecule has 18 heavy (non-hydrogen) atoms. The van der Waals surface area contributed by atoms with Gasteiger partial charge in [-0.25, -0.2) is 0 Å². The van der Waals surface area contributed by atoms with Gasteiger partial charge in [-0.2, -0.15) is 0 Å². The second-order valence-electron chi connectivity index (χ2n) is 4.40. The number of aliphatic hydroxyl groups excluding tert-OH is 1. The summed E-state index contributed by atoms with van der Waals surface area (Å²) in [5.41, 5.74) is 0. The van der Waals surface area contributed by atoms with E-state index >= 15 is 0 Å². The van der Waals surface area contributed by atoms with E-state index in [4.69, 9.17) is 0 Å². The van der Waals surface area contributed by atoms with Gasteiger partial charge in [0.15, 0.2) is 0 Å². The molecule has 0 spiro atoms. The van der Waals surface area contributed by atoms with Crippen molar-refractivity contribution in [3.8, 4) is 0 Å². The maximum atomic E-state index is 12.0. The third-order valence-corrected chi connectivity index (χ3v) is 3.81. The Morgan fingerprint density at radius 2 is 2.39 bits per heavy atom. The number of β-amino-alcohol motifs (C(OH)–C–C–N with tert-alkyl or cyclic N) is 1. The SMILES string of the molecule is CC(NC(=O)c1cccs1)C(=O)N1CC[C@H](O)C1. The summed E-state index contributed by atoms with van der Waals surface area (Å²) in [6, 6.07) is 2.95. The van der Waals surface area contributed by atoms with Gasteiger partial charge in [0.2, 0.25) is 5.91 Å². The van der Waals surface area contributed by atoms with Crippen LogP contribution in [0.3, 0.4) is 0 Å². The topological polar surface area (TPSA) is 69.6 Å². The summed E-state index contributed by atoms with van der Waals surface area (Å²) >= 11 is 1.34. The van der Waals surface area contributed by atoms with Crippen LogP contribution in [0.4, 0.5) is 0 Å². The van der Waals surface area contributed by atoms with Crippen molar-refractivity contribution in [2.75, 3.05) is 13.1 Å². The Balaban J connectivity index is 1.89. The minimum Gasteiger partial charge on any atom is -0.391 e. The highest BCUT2D eigenvalue weighted by Crippen LogP contribution is 2.11. The number of amides is 2.